The maximum Gasteiger partial charge on any atom is 0.407 e. The number of carbonyl (C=O) groups is 2. The number of nitrogens with zero attached hydrogens (tertiary/aromatic N) is 4. The van der Waals surface area contributed by atoms with Crippen molar-refractivity contribution in [3.05, 3.63) is 92.6 Å². The van der Waals surface area contributed by atoms with Gasteiger partial charge in [-0.3, -0.25) is 14.2 Å². The molecule has 1 fully saturated rings. The van der Waals surface area contributed by atoms with E-state index in [-0.39, 0.29) is 36.5 Å². The SMILES string of the molecule is COc1nc(-c2cccc(-c3cccc(-c4cc5c(=O)n(C)c(CNCC(C)(C)O)nn5c4)c3Cl)c2Cl)ccc1COC(=O)NCC1CCC(=O)N1. The zero-order valence-corrected chi connectivity index (χ0v) is 30.6. The van der Waals surface area contributed by atoms with E-state index in [4.69, 9.17) is 32.7 Å². The lowest BCUT2D eigenvalue weighted by Gasteiger charge is -2.18. The van der Waals surface area contributed by atoms with E-state index in [1.807, 2.05) is 36.4 Å². The summed E-state index contributed by atoms with van der Waals surface area (Å²) in [6.45, 7) is 4.23. The predicted molar refractivity (Wildman–Crippen MR) is 198 cm³/mol. The molecule has 52 heavy (non-hydrogen) atoms. The highest BCUT2D eigenvalue weighted by Crippen LogP contribution is 2.42. The second-order valence-electron chi connectivity index (χ2n) is 13.2. The van der Waals surface area contributed by atoms with Crippen LogP contribution in [0.25, 0.3) is 39.0 Å². The third-order valence-electron chi connectivity index (χ3n) is 8.72. The first-order valence-corrected chi connectivity index (χ1v) is 17.4. The lowest BCUT2D eigenvalue weighted by Crippen LogP contribution is -2.38. The van der Waals surface area contributed by atoms with E-state index < -0.39 is 11.7 Å². The summed E-state index contributed by atoms with van der Waals surface area (Å²) in [5, 5.41) is 24.1. The van der Waals surface area contributed by atoms with Crippen LogP contribution in [0.1, 0.15) is 38.1 Å². The highest BCUT2D eigenvalue weighted by atomic mass is 35.5. The molecule has 272 valence electrons. The molecule has 0 saturated carbocycles. The van der Waals surface area contributed by atoms with Gasteiger partial charge in [-0.2, -0.15) is 5.10 Å². The van der Waals surface area contributed by atoms with Gasteiger partial charge in [0.1, 0.15) is 17.9 Å². The number of hydrogen-bond donors (Lipinski definition) is 4. The summed E-state index contributed by atoms with van der Waals surface area (Å²) in [5.74, 6) is 0.752. The standard InChI is InChI=1S/C37H39Cl2N7O6/c1-37(2,50)20-40-17-30-44-46-18-22(15-29(46)35(48)45(30)3)24-7-5-8-25(32(24)38)26-9-6-10-27(33(26)39)28-13-11-21(34(43-28)51-4)19-52-36(49)41-16-23-12-14-31(47)42-23/h5-11,13,15,18,23,40,50H,12,14,16-17,19-20H2,1-4H3,(H,41,49)(H,42,47). The zero-order valence-electron chi connectivity index (χ0n) is 29.1. The Balaban J connectivity index is 1.23. The van der Waals surface area contributed by atoms with Crippen molar-refractivity contribution in [3.8, 4) is 39.4 Å². The Kier molecular flexibility index (Phi) is 10.9. The van der Waals surface area contributed by atoms with E-state index in [0.29, 0.717) is 86.4 Å². The number of ether oxygens (including phenoxy) is 2. The average Bonchev–Trinajstić information content (AvgIpc) is 3.74. The van der Waals surface area contributed by atoms with Gasteiger partial charge in [0.05, 0.1) is 40.6 Å². The van der Waals surface area contributed by atoms with Crippen LogP contribution >= 0.6 is 23.2 Å². The lowest BCUT2D eigenvalue weighted by atomic mass is 9.97. The third-order valence-corrected chi connectivity index (χ3v) is 9.53. The molecule has 0 aliphatic carbocycles. The smallest absolute Gasteiger partial charge is 0.407 e. The third kappa shape index (κ3) is 8.07. The largest absolute Gasteiger partial charge is 0.481 e. The lowest BCUT2D eigenvalue weighted by molar-refractivity contribution is -0.119. The molecule has 13 nitrogen and oxygen atoms in total. The minimum atomic E-state index is -0.907. The summed E-state index contributed by atoms with van der Waals surface area (Å²) in [5.41, 5.74) is 3.74. The van der Waals surface area contributed by atoms with E-state index in [9.17, 15) is 19.5 Å². The van der Waals surface area contributed by atoms with Gasteiger partial charge in [-0.1, -0.05) is 59.6 Å². The number of hydrogen-bond acceptors (Lipinski definition) is 9. The van der Waals surface area contributed by atoms with Crippen molar-refractivity contribution in [2.45, 2.75) is 51.5 Å². The molecule has 2 amide bonds. The summed E-state index contributed by atoms with van der Waals surface area (Å²) < 4.78 is 13.9. The fourth-order valence-electron chi connectivity index (χ4n) is 5.99. The Bertz CT molecular complexity index is 2210. The second kappa shape index (κ2) is 15.3. The monoisotopic (exact) mass is 747 g/mol. The minimum absolute atomic E-state index is 0.0280. The molecule has 1 unspecified atom stereocenters. The van der Waals surface area contributed by atoms with Crippen molar-refractivity contribution in [1.29, 1.82) is 0 Å². The van der Waals surface area contributed by atoms with Crippen LogP contribution in [0.5, 0.6) is 5.88 Å². The van der Waals surface area contributed by atoms with Gasteiger partial charge in [-0.15, -0.1) is 0 Å². The molecule has 6 rings (SSSR count). The molecule has 0 radical (unpaired) electrons. The Morgan fingerprint density at radius 3 is 2.42 bits per heavy atom. The van der Waals surface area contributed by atoms with Crippen LogP contribution in [-0.4, -0.2) is 68.1 Å². The first kappa shape index (κ1) is 36.8. The Morgan fingerprint density at radius 1 is 1.06 bits per heavy atom. The van der Waals surface area contributed by atoms with Crippen molar-refractivity contribution < 1.29 is 24.2 Å². The number of methoxy groups -OCH3 is 1. The van der Waals surface area contributed by atoms with Gasteiger partial charge in [0.25, 0.3) is 5.56 Å². The topological polar surface area (TPSA) is 161 Å². The number of aromatic nitrogens is 4. The maximum absolute atomic E-state index is 13.3. The molecular formula is C37H39Cl2N7O6. The highest BCUT2D eigenvalue weighted by Gasteiger charge is 2.22. The molecule has 1 saturated heterocycles. The van der Waals surface area contributed by atoms with Gasteiger partial charge in [-0.05, 0) is 38.5 Å². The van der Waals surface area contributed by atoms with Crippen molar-refractivity contribution in [3.63, 3.8) is 0 Å². The normalized spacial score (nSPS) is 14.4. The molecule has 0 spiro atoms. The van der Waals surface area contributed by atoms with Crippen LogP contribution in [-0.2, 0) is 29.7 Å². The van der Waals surface area contributed by atoms with Crippen LogP contribution in [0.3, 0.4) is 0 Å². The number of pyridine rings is 1. The van der Waals surface area contributed by atoms with Gasteiger partial charge in [-0.25, -0.2) is 14.3 Å². The minimum Gasteiger partial charge on any atom is -0.481 e. The van der Waals surface area contributed by atoms with E-state index in [1.165, 1.54) is 11.7 Å². The van der Waals surface area contributed by atoms with Gasteiger partial charge < -0.3 is 30.5 Å². The molecule has 3 aromatic heterocycles. The van der Waals surface area contributed by atoms with Crippen LogP contribution in [0, 0.1) is 0 Å². The molecule has 4 N–H and O–H groups in total. The van der Waals surface area contributed by atoms with E-state index in [0.717, 1.165) is 0 Å². The first-order chi connectivity index (χ1) is 24.8. The number of fused-ring (bicyclic) bond motifs is 1. The van der Waals surface area contributed by atoms with Crippen LogP contribution in [0.15, 0.2) is 65.6 Å². The van der Waals surface area contributed by atoms with Crippen molar-refractivity contribution in [1.82, 2.24) is 35.1 Å². The van der Waals surface area contributed by atoms with Crippen molar-refractivity contribution >= 4 is 40.7 Å². The Labute approximate surface area is 309 Å². The Morgan fingerprint density at radius 2 is 1.75 bits per heavy atom. The van der Waals surface area contributed by atoms with Gasteiger partial charge in [0, 0.05) is 66.6 Å². The first-order valence-electron chi connectivity index (χ1n) is 16.7. The number of nitrogens with one attached hydrogen (secondary N) is 3. The predicted octanol–water partition coefficient (Wildman–Crippen LogP) is 5.11. The molecule has 5 aromatic rings. The molecule has 1 aliphatic rings. The molecule has 2 aromatic carbocycles. The average molecular weight is 749 g/mol. The molecule has 1 aliphatic heterocycles. The zero-order chi connectivity index (χ0) is 37.2. The summed E-state index contributed by atoms with van der Waals surface area (Å²) in [6, 6.07) is 16.4. The summed E-state index contributed by atoms with van der Waals surface area (Å²) in [6.07, 6.45) is 2.26. The molecule has 1 atom stereocenters. The van der Waals surface area contributed by atoms with Gasteiger partial charge in [0.2, 0.25) is 11.8 Å². The number of amides is 2. The number of carbonyl (C=O) groups excluding carboxylic acids is 2. The van der Waals surface area contributed by atoms with Gasteiger partial charge in [0.15, 0.2) is 0 Å². The fourth-order valence-corrected chi connectivity index (χ4v) is 6.66. The molecule has 4 heterocycles. The number of halogens is 2. The number of alkyl carbamates (subject to hydrolysis) is 1. The number of rotatable bonds is 12. The van der Waals surface area contributed by atoms with E-state index in [1.54, 1.807) is 49.8 Å². The maximum atomic E-state index is 13.3. The summed E-state index contributed by atoms with van der Waals surface area (Å²) >= 11 is 14.1. The number of benzene rings is 2. The molecular weight excluding hydrogens is 709 g/mol. The van der Waals surface area contributed by atoms with E-state index in [2.05, 4.69) is 26.0 Å². The molecule has 0 bridgehead atoms. The van der Waals surface area contributed by atoms with E-state index >= 15 is 0 Å². The highest BCUT2D eigenvalue weighted by molar-refractivity contribution is 6.39. The van der Waals surface area contributed by atoms with Crippen LogP contribution in [0.4, 0.5) is 4.79 Å². The summed E-state index contributed by atoms with van der Waals surface area (Å²) in [7, 11) is 3.15. The fraction of sp³-hybridized carbons (Fsp3) is 0.324. The van der Waals surface area contributed by atoms with Crippen molar-refractivity contribution in [2.24, 2.45) is 7.05 Å². The second-order valence-corrected chi connectivity index (χ2v) is 14.0. The van der Waals surface area contributed by atoms with Crippen molar-refractivity contribution in [2.75, 3.05) is 20.2 Å². The van der Waals surface area contributed by atoms with Gasteiger partial charge >= 0.3 is 6.09 Å². The molecule has 15 heteroatoms. The quantitative estimate of drug-likeness (QED) is 0.136. The Hall–Kier alpha value is -4.95. The number of aliphatic hydroxyl groups is 1. The van der Waals surface area contributed by atoms with Crippen LogP contribution < -0.4 is 26.2 Å². The van der Waals surface area contributed by atoms with Crippen LogP contribution in [0.2, 0.25) is 10.0 Å². The summed E-state index contributed by atoms with van der Waals surface area (Å²) in [4.78, 5) is 41.6.